The number of benzene rings is 1. The Bertz CT molecular complexity index is 617. The van der Waals surface area contributed by atoms with Crippen molar-refractivity contribution < 1.29 is 9.15 Å². The van der Waals surface area contributed by atoms with E-state index in [1.807, 2.05) is 12.1 Å². The van der Waals surface area contributed by atoms with Crippen molar-refractivity contribution in [1.82, 2.24) is 0 Å². The summed E-state index contributed by atoms with van der Waals surface area (Å²) in [4.78, 5) is 0. The molecule has 3 heteroatoms. The molecule has 18 heavy (non-hydrogen) atoms. The largest absolute Gasteiger partial charge is 0.445 e. The van der Waals surface area contributed by atoms with Gasteiger partial charge in [0.1, 0.15) is 11.7 Å². The van der Waals surface area contributed by atoms with Gasteiger partial charge < -0.3 is 9.15 Å². The Balaban J connectivity index is 2.08. The van der Waals surface area contributed by atoms with Gasteiger partial charge >= 0.3 is 0 Å². The third-order valence-corrected chi connectivity index (χ3v) is 3.47. The Morgan fingerprint density at radius 3 is 2.94 bits per heavy atom. The van der Waals surface area contributed by atoms with Gasteiger partial charge in [0.05, 0.1) is 6.61 Å². The molecule has 0 spiro atoms. The van der Waals surface area contributed by atoms with E-state index >= 15 is 0 Å². The number of hydrogen-bond donors (Lipinski definition) is 0. The summed E-state index contributed by atoms with van der Waals surface area (Å²) in [6, 6.07) is 8.33. The van der Waals surface area contributed by atoms with E-state index < -0.39 is 0 Å². The van der Waals surface area contributed by atoms with E-state index in [0.717, 1.165) is 23.0 Å². The maximum atomic E-state index is 9.14. The summed E-state index contributed by atoms with van der Waals surface area (Å²) in [5.74, 6) is 1.02. The minimum Gasteiger partial charge on any atom is -0.445 e. The summed E-state index contributed by atoms with van der Waals surface area (Å²) in [5, 5.41) is 10.3. The van der Waals surface area contributed by atoms with E-state index in [0.29, 0.717) is 18.3 Å². The molecule has 1 fully saturated rings. The number of ether oxygens (including phenoxy) is 1. The van der Waals surface area contributed by atoms with Gasteiger partial charge in [0.2, 0.25) is 5.76 Å². The van der Waals surface area contributed by atoms with Crippen LogP contribution in [0, 0.1) is 11.3 Å². The molecule has 0 bridgehead atoms. The summed E-state index contributed by atoms with van der Waals surface area (Å²) in [7, 11) is 1.71. The smallest absolute Gasteiger partial charge is 0.208 e. The molecule has 0 amide bonds. The molecule has 1 aromatic heterocycles. The van der Waals surface area contributed by atoms with Crippen LogP contribution in [0.3, 0.4) is 0 Å². The average Bonchev–Trinajstić information content (AvgIpc) is 3.16. The van der Waals surface area contributed by atoms with Gasteiger partial charge in [-0.25, -0.2) is 0 Å². The fourth-order valence-corrected chi connectivity index (χ4v) is 2.40. The van der Waals surface area contributed by atoms with Gasteiger partial charge in [-0.05, 0) is 42.9 Å². The zero-order valence-corrected chi connectivity index (χ0v) is 10.4. The van der Waals surface area contributed by atoms with E-state index in [9.17, 15) is 0 Å². The van der Waals surface area contributed by atoms with Gasteiger partial charge in [-0.3, -0.25) is 0 Å². The summed E-state index contributed by atoms with van der Waals surface area (Å²) in [6.07, 6.45) is 3.24. The maximum Gasteiger partial charge on any atom is 0.208 e. The van der Waals surface area contributed by atoms with E-state index in [1.165, 1.54) is 18.4 Å². The topological polar surface area (TPSA) is 46.2 Å². The van der Waals surface area contributed by atoms with Crippen molar-refractivity contribution in [2.24, 2.45) is 0 Å². The first kappa shape index (κ1) is 11.3. The van der Waals surface area contributed by atoms with Crippen molar-refractivity contribution in [2.45, 2.75) is 25.2 Å². The minimum absolute atomic E-state index is 0.497. The number of nitrogens with zero attached hydrogens (tertiary/aromatic N) is 1. The highest BCUT2D eigenvalue weighted by Gasteiger charge is 2.30. The van der Waals surface area contributed by atoms with Crippen LogP contribution in [0.15, 0.2) is 22.6 Å². The highest BCUT2D eigenvalue weighted by atomic mass is 16.5. The Morgan fingerprint density at radius 1 is 1.44 bits per heavy atom. The summed E-state index contributed by atoms with van der Waals surface area (Å²) in [5.41, 5.74) is 3.18. The second kappa shape index (κ2) is 4.47. The lowest BCUT2D eigenvalue weighted by atomic mass is 10.0. The molecular formula is C15H15NO2. The lowest BCUT2D eigenvalue weighted by molar-refractivity contribution is 0.202. The standard InChI is InChI=1S/C15H15NO2/c1-17-7-6-10-2-5-13-12(8-10)15(11-3-4-11)14(9-16)18-13/h2,5,8,11H,3-4,6-7H2,1H3. The Labute approximate surface area is 106 Å². The van der Waals surface area contributed by atoms with E-state index in [2.05, 4.69) is 12.1 Å². The number of rotatable bonds is 4. The molecule has 0 radical (unpaired) electrons. The van der Waals surface area contributed by atoms with Crippen molar-refractivity contribution >= 4 is 11.0 Å². The highest BCUT2D eigenvalue weighted by Crippen LogP contribution is 2.46. The Hall–Kier alpha value is -1.79. The summed E-state index contributed by atoms with van der Waals surface area (Å²) < 4.78 is 10.7. The van der Waals surface area contributed by atoms with Crippen molar-refractivity contribution in [3.63, 3.8) is 0 Å². The predicted molar refractivity (Wildman–Crippen MR) is 68.5 cm³/mol. The van der Waals surface area contributed by atoms with Crippen LogP contribution >= 0.6 is 0 Å². The number of furan rings is 1. The summed E-state index contributed by atoms with van der Waals surface area (Å²) in [6.45, 7) is 0.716. The monoisotopic (exact) mass is 241 g/mol. The molecule has 0 aliphatic heterocycles. The fraction of sp³-hybridized carbons (Fsp3) is 0.400. The van der Waals surface area contributed by atoms with E-state index in [4.69, 9.17) is 14.4 Å². The molecule has 0 saturated heterocycles. The van der Waals surface area contributed by atoms with Crippen molar-refractivity contribution in [1.29, 1.82) is 5.26 Å². The fourth-order valence-electron chi connectivity index (χ4n) is 2.40. The molecule has 0 atom stereocenters. The molecule has 1 saturated carbocycles. The number of fused-ring (bicyclic) bond motifs is 1. The van der Waals surface area contributed by atoms with Crippen molar-refractivity contribution in [3.05, 3.63) is 35.1 Å². The van der Waals surface area contributed by atoms with Gasteiger partial charge in [-0.1, -0.05) is 6.07 Å². The SMILES string of the molecule is COCCc1ccc2oc(C#N)c(C3CC3)c2c1. The number of methoxy groups -OCH3 is 1. The second-order valence-corrected chi connectivity index (χ2v) is 4.80. The molecular weight excluding hydrogens is 226 g/mol. The van der Waals surface area contributed by atoms with Crippen LogP contribution < -0.4 is 0 Å². The van der Waals surface area contributed by atoms with Crippen LogP contribution in [0.2, 0.25) is 0 Å². The average molecular weight is 241 g/mol. The lowest BCUT2D eigenvalue weighted by Crippen LogP contribution is -1.94. The Kier molecular flexibility index (Phi) is 2.81. The minimum atomic E-state index is 0.497. The third kappa shape index (κ3) is 1.89. The molecule has 2 aromatic rings. The van der Waals surface area contributed by atoms with Crippen LogP contribution in [-0.2, 0) is 11.2 Å². The first-order valence-electron chi connectivity index (χ1n) is 6.28. The predicted octanol–water partition coefficient (Wildman–Crippen LogP) is 3.37. The van der Waals surface area contributed by atoms with Gasteiger partial charge in [-0.2, -0.15) is 5.26 Å². The molecule has 3 rings (SSSR count). The van der Waals surface area contributed by atoms with Crippen LogP contribution in [0.4, 0.5) is 0 Å². The molecule has 0 N–H and O–H groups in total. The van der Waals surface area contributed by atoms with Gasteiger partial charge in [0, 0.05) is 18.1 Å². The molecule has 92 valence electrons. The van der Waals surface area contributed by atoms with Crippen LogP contribution in [-0.4, -0.2) is 13.7 Å². The third-order valence-electron chi connectivity index (χ3n) is 3.47. The van der Waals surface area contributed by atoms with Gasteiger partial charge in [0.25, 0.3) is 0 Å². The molecule has 3 nitrogen and oxygen atoms in total. The van der Waals surface area contributed by atoms with E-state index in [-0.39, 0.29) is 0 Å². The van der Waals surface area contributed by atoms with Crippen LogP contribution in [0.1, 0.15) is 35.6 Å². The molecule has 1 heterocycles. The maximum absolute atomic E-state index is 9.14. The van der Waals surface area contributed by atoms with Crippen LogP contribution in [0.25, 0.3) is 11.0 Å². The Morgan fingerprint density at radius 2 is 2.28 bits per heavy atom. The number of hydrogen-bond acceptors (Lipinski definition) is 3. The van der Waals surface area contributed by atoms with Crippen molar-refractivity contribution in [2.75, 3.05) is 13.7 Å². The van der Waals surface area contributed by atoms with Crippen LogP contribution in [0.5, 0.6) is 0 Å². The molecule has 1 aliphatic rings. The molecule has 0 unspecified atom stereocenters. The quantitative estimate of drug-likeness (QED) is 0.824. The van der Waals surface area contributed by atoms with Gasteiger partial charge in [-0.15, -0.1) is 0 Å². The molecule has 1 aromatic carbocycles. The first-order chi connectivity index (χ1) is 8.83. The second-order valence-electron chi connectivity index (χ2n) is 4.80. The summed E-state index contributed by atoms with van der Waals surface area (Å²) >= 11 is 0. The van der Waals surface area contributed by atoms with E-state index in [1.54, 1.807) is 7.11 Å². The van der Waals surface area contributed by atoms with Crippen molar-refractivity contribution in [3.8, 4) is 6.07 Å². The van der Waals surface area contributed by atoms with Gasteiger partial charge in [0.15, 0.2) is 0 Å². The zero-order valence-electron chi connectivity index (χ0n) is 10.4. The zero-order chi connectivity index (χ0) is 12.5. The lowest BCUT2D eigenvalue weighted by Gasteiger charge is -2.01. The molecule has 1 aliphatic carbocycles. The number of nitriles is 1. The normalized spacial score (nSPS) is 14.9. The highest BCUT2D eigenvalue weighted by molar-refractivity contribution is 5.85. The first-order valence-corrected chi connectivity index (χ1v) is 6.28.